The molecule has 1 heterocycles. The molecule has 122 valence electrons. The second kappa shape index (κ2) is 6.91. The molecule has 0 N–H and O–H groups in total. The van der Waals surface area contributed by atoms with Gasteiger partial charge in [-0.1, -0.05) is 6.07 Å². The van der Waals surface area contributed by atoms with E-state index in [1.807, 2.05) is 13.1 Å². The molecule has 7 nitrogen and oxygen atoms in total. The predicted molar refractivity (Wildman–Crippen MR) is 89.2 cm³/mol. The highest BCUT2D eigenvalue weighted by Crippen LogP contribution is 2.23. The number of amides is 1. The normalized spacial score (nSPS) is 10.6. The molecule has 8 heteroatoms. The van der Waals surface area contributed by atoms with Crippen LogP contribution in [0.15, 0.2) is 28.9 Å². The van der Waals surface area contributed by atoms with Crippen molar-refractivity contribution in [2.24, 2.45) is 0 Å². The highest BCUT2D eigenvalue weighted by molar-refractivity contribution is 9.10. The molecule has 0 aliphatic carbocycles. The summed E-state index contributed by atoms with van der Waals surface area (Å²) in [7, 11) is 1.65. The molecule has 1 aromatic carbocycles. The average Bonchev–Trinajstić information content (AvgIpc) is 2.86. The third-order valence-corrected chi connectivity index (χ3v) is 4.24. The van der Waals surface area contributed by atoms with Crippen molar-refractivity contribution in [1.82, 2.24) is 14.7 Å². The Morgan fingerprint density at radius 3 is 2.74 bits per heavy atom. The van der Waals surface area contributed by atoms with Crippen molar-refractivity contribution in [3.63, 3.8) is 0 Å². The highest BCUT2D eigenvalue weighted by Gasteiger charge is 2.21. The van der Waals surface area contributed by atoms with Gasteiger partial charge in [-0.25, -0.2) is 0 Å². The number of carbonyl (C=O) groups is 1. The van der Waals surface area contributed by atoms with Crippen LogP contribution in [0.2, 0.25) is 0 Å². The summed E-state index contributed by atoms with van der Waals surface area (Å²) in [6, 6.07) is 4.51. The van der Waals surface area contributed by atoms with E-state index in [4.69, 9.17) is 0 Å². The van der Waals surface area contributed by atoms with Gasteiger partial charge < -0.3 is 4.90 Å². The van der Waals surface area contributed by atoms with Crippen molar-refractivity contribution in [2.75, 3.05) is 7.05 Å². The standard InChI is InChI=1S/C15H17BrN4O3/c1-4-19-8-12(16)13(17-19)9-18(3)15(21)11-6-5-7-14(10(11)2)20(22)23/h5-8H,4,9H2,1-3H3. The number of rotatable bonds is 5. The Morgan fingerprint density at radius 2 is 2.17 bits per heavy atom. The lowest BCUT2D eigenvalue weighted by molar-refractivity contribution is -0.385. The molecule has 0 atom stereocenters. The quantitative estimate of drug-likeness (QED) is 0.589. The molecule has 1 amide bonds. The summed E-state index contributed by atoms with van der Waals surface area (Å²) in [6.45, 7) is 4.61. The van der Waals surface area contributed by atoms with E-state index < -0.39 is 4.92 Å². The molecular weight excluding hydrogens is 364 g/mol. The molecule has 0 spiro atoms. The zero-order chi connectivity index (χ0) is 17.1. The van der Waals surface area contributed by atoms with Crippen molar-refractivity contribution in [2.45, 2.75) is 26.9 Å². The summed E-state index contributed by atoms with van der Waals surface area (Å²) in [4.78, 5) is 24.6. The number of carbonyl (C=O) groups excluding carboxylic acids is 1. The SMILES string of the molecule is CCn1cc(Br)c(CN(C)C(=O)c2cccc([N+](=O)[O-])c2C)n1. The minimum absolute atomic E-state index is 0.0549. The third kappa shape index (κ3) is 3.58. The van der Waals surface area contributed by atoms with Gasteiger partial charge in [0.05, 0.1) is 21.6 Å². The zero-order valence-electron chi connectivity index (χ0n) is 13.1. The maximum Gasteiger partial charge on any atom is 0.273 e. The van der Waals surface area contributed by atoms with Gasteiger partial charge in [-0.05, 0) is 35.8 Å². The van der Waals surface area contributed by atoms with E-state index >= 15 is 0 Å². The van der Waals surface area contributed by atoms with E-state index in [2.05, 4.69) is 21.0 Å². The number of halogens is 1. The van der Waals surface area contributed by atoms with Crippen LogP contribution < -0.4 is 0 Å². The Kier molecular flexibility index (Phi) is 5.15. The van der Waals surface area contributed by atoms with Gasteiger partial charge in [0.15, 0.2) is 0 Å². The van der Waals surface area contributed by atoms with Crippen LogP contribution in [-0.2, 0) is 13.1 Å². The summed E-state index contributed by atoms with van der Waals surface area (Å²) >= 11 is 3.43. The Balaban J connectivity index is 2.24. The lowest BCUT2D eigenvalue weighted by Crippen LogP contribution is -2.27. The van der Waals surface area contributed by atoms with Gasteiger partial charge in [-0.2, -0.15) is 5.10 Å². The number of nitro benzene ring substituents is 1. The molecule has 0 aliphatic heterocycles. The number of hydrogen-bond donors (Lipinski definition) is 0. The Hall–Kier alpha value is -2.22. The first-order chi connectivity index (χ1) is 10.8. The molecule has 0 radical (unpaired) electrons. The Bertz CT molecular complexity index is 757. The van der Waals surface area contributed by atoms with E-state index in [-0.39, 0.29) is 11.6 Å². The summed E-state index contributed by atoms with van der Waals surface area (Å²) in [6.07, 6.45) is 1.85. The summed E-state index contributed by atoms with van der Waals surface area (Å²) < 4.78 is 2.60. The van der Waals surface area contributed by atoms with Crippen molar-refractivity contribution in [3.8, 4) is 0 Å². The smallest absolute Gasteiger partial charge is 0.273 e. The number of benzene rings is 1. The molecule has 2 rings (SSSR count). The van der Waals surface area contributed by atoms with Crippen LogP contribution in [0, 0.1) is 17.0 Å². The second-order valence-electron chi connectivity index (χ2n) is 5.15. The van der Waals surface area contributed by atoms with E-state index in [1.165, 1.54) is 17.0 Å². The van der Waals surface area contributed by atoms with E-state index in [1.54, 1.807) is 24.7 Å². The first-order valence-corrected chi connectivity index (χ1v) is 7.85. The molecule has 23 heavy (non-hydrogen) atoms. The third-order valence-electron chi connectivity index (χ3n) is 3.58. The maximum absolute atomic E-state index is 12.6. The molecule has 0 bridgehead atoms. The largest absolute Gasteiger partial charge is 0.336 e. The van der Waals surface area contributed by atoms with Crippen molar-refractivity contribution < 1.29 is 9.72 Å². The minimum atomic E-state index is -0.481. The first-order valence-electron chi connectivity index (χ1n) is 7.06. The Labute approximate surface area is 142 Å². The fourth-order valence-corrected chi connectivity index (χ4v) is 2.70. The topological polar surface area (TPSA) is 81.3 Å². The van der Waals surface area contributed by atoms with Crippen LogP contribution in [0.25, 0.3) is 0 Å². The molecule has 0 unspecified atom stereocenters. The number of nitrogens with zero attached hydrogens (tertiary/aromatic N) is 4. The number of aromatic nitrogens is 2. The van der Waals surface area contributed by atoms with E-state index in [0.717, 1.165) is 16.7 Å². The summed E-state index contributed by atoms with van der Waals surface area (Å²) in [5.41, 5.74) is 1.38. The maximum atomic E-state index is 12.6. The molecule has 2 aromatic rings. The molecular formula is C15H17BrN4O3. The number of nitro groups is 1. The summed E-state index contributed by atoms with van der Waals surface area (Å²) in [5.74, 6) is -0.274. The van der Waals surface area contributed by atoms with Crippen LogP contribution >= 0.6 is 15.9 Å². The van der Waals surface area contributed by atoms with E-state index in [0.29, 0.717) is 17.7 Å². The van der Waals surface area contributed by atoms with Crippen LogP contribution in [0.1, 0.15) is 28.5 Å². The Morgan fingerprint density at radius 1 is 1.48 bits per heavy atom. The number of aryl methyl sites for hydroxylation is 1. The van der Waals surface area contributed by atoms with Crippen LogP contribution in [0.3, 0.4) is 0 Å². The van der Waals surface area contributed by atoms with Gasteiger partial charge >= 0.3 is 0 Å². The van der Waals surface area contributed by atoms with Crippen LogP contribution in [0.5, 0.6) is 0 Å². The van der Waals surface area contributed by atoms with Gasteiger partial charge in [-0.15, -0.1) is 0 Å². The van der Waals surface area contributed by atoms with Gasteiger partial charge in [0.1, 0.15) is 0 Å². The summed E-state index contributed by atoms with van der Waals surface area (Å²) in [5, 5.41) is 15.4. The van der Waals surface area contributed by atoms with Crippen LogP contribution in [-0.4, -0.2) is 32.6 Å². The van der Waals surface area contributed by atoms with Gasteiger partial charge in [0.2, 0.25) is 0 Å². The van der Waals surface area contributed by atoms with Gasteiger partial charge in [0.25, 0.3) is 11.6 Å². The second-order valence-corrected chi connectivity index (χ2v) is 6.00. The average molecular weight is 381 g/mol. The molecule has 0 fully saturated rings. The van der Waals surface area contributed by atoms with E-state index in [9.17, 15) is 14.9 Å². The molecule has 0 saturated carbocycles. The van der Waals surface area contributed by atoms with Gasteiger partial charge in [0, 0.05) is 37.0 Å². The minimum Gasteiger partial charge on any atom is -0.336 e. The lowest BCUT2D eigenvalue weighted by atomic mass is 10.1. The zero-order valence-corrected chi connectivity index (χ0v) is 14.7. The van der Waals surface area contributed by atoms with Crippen LogP contribution in [0.4, 0.5) is 5.69 Å². The van der Waals surface area contributed by atoms with Crippen molar-refractivity contribution >= 4 is 27.5 Å². The lowest BCUT2D eigenvalue weighted by Gasteiger charge is -2.17. The molecule has 0 aliphatic rings. The fourth-order valence-electron chi connectivity index (χ4n) is 2.26. The molecule has 1 aromatic heterocycles. The fraction of sp³-hybridized carbons (Fsp3) is 0.333. The number of hydrogen-bond acceptors (Lipinski definition) is 4. The van der Waals surface area contributed by atoms with Crippen molar-refractivity contribution in [3.05, 3.63) is 55.8 Å². The molecule has 0 saturated heterocycles. The predicted octanol–water partition coefficient (Wildman–Crippen LogP) is 3.15. The highest BCUT2D eigenvalue weighted by atomic mass is 79.9. The first kappa shape index (κ1) is 17.1. The monoisotopic (exact) mass is 380 g/mol. The van der Waals surface area contributed by atoms with Gasteiger partial charge in [-0.3, -0.25) is 19.6 Å². The van der Waals surface area contributed by atoms with Crippen molar-refractivity contribution in [1.29, 1.82) is 0 Å².